The molecule has 194 valence electrons. The van der Waals surface area contributed by atoms with Gasteiger partial charge in [-0.15, -0.1) is 0 Å². The van der Waals surface area contributed by atoms with Gasteiger partial charge in [0.15, 0.2) is 10.9 Å². The summed E-state index contributed by atoms with van der Waals surface area (Å²) in [4.78, 5) is 15.7. The Hall–Kier alpha value is -2.86. The van der Waals surface area contributed by atoms with Crippen molar-refractivity contribution in [1.82, 2.24) is 19.9 Å². The molecule has 0 spiro atoms. The third-order valence-corrected chi connectivity index (χ3v) is 8.55. The molecule has 5 N–H and O–H groups in total. The number of nitrogens with zero attached hydrogens (tertiary/aromatic N) is 4. The van der Waals surface area contributed by atoms with Crippen molar-refractivity contribution in [2.75, 3.05) is 43.8 Å². The van der Waals surface area contributed by atoms with Gasteiger partial charge in [0.05, 0.1) is 20.8 Å². The Morgan fingerprint density at radius 2 is 1.92 bits per heavy atom. The van der Waals surface area contributed by atoms with E-state index in [0.717, 1.165) is 50.1 Å². The molecule has 0 amide bonds. The number of halogens is 3. The van der Waals surface area contributed by atoms with Gasteiger partial charge in [-0.25, -0.2) is 13.8 Å². The van der Waals surface area contributed by atoms with E-state index in [0.29, 0.717) is 36.5 Å². The summed E-state index contributed by atoms with van der Waals surface area (Å²) in [7, 11) is 0. The van der Waals surface area contributed by atoms with Crippen molar-refractivity contribution in [3.05, 3.63) is 34.9 Å². The van der Waals surface area contributed by atoms with Gasteiger partial charge in [0.25, 0.3) is 0 Å². The molecule has 0 radical (unpaired) electrons. The number of rotatable bonds is 7. The van der Waals surface area contributed by atoms with Gasteiger partial charge in [0.2, 0.25) is 0 Å². The first-order valence-corrected chi connectivity index (χ1v) is 13.5. The van der Waals surface area contributed by atoms with Crippen molar-refractivity contribution in [1.29, 1.82) is 0 Å². The predicted octanol–water partition coefficient (Wildman–Crippen LogP) is 4.80. The molecule has 2 saturated heterocycles. The Labute approximate surface area is 221 Å². The molecule has 37 heavy (non-hydrogen) atoms. The molecule has 4 heterocycles. The molecule has 12 heteroatoms. The number of nitrogens with one attached hydrogen (secondary N) is 1. The summed E-state index contributed by atoms with van der Waals surface area (Å²) in [5.74, 6) is -0.775. The number of hydrogen-bond donors (Lipinski definition) is 3. The van der Waals surface area contributed by atoms with Crippen molar-refractivity contribution < 1.29 is 13.5 Å². The number of fused-ring (bicyclic) bond motifs is 3. The van der Waals surface area contributed by atoms with E-state index in [1.807, 2.05) is 0 Å². The molecule has 2 aromatic heterocycles. The van der Waals surface area contributed by atoms with Crippen LogP contribution in [0.4, 0.5) is 19.7 Å². The number of aromatic nitrogens is 3. The van der Waals surface area contributed by atoms with Gasteiger partial charge in [-0.3, -0.25) is 4.90 Å². The fourth-order valence-corrected chi connectivity index (χ4v) is 6.72. The molecule has 4 aromatic rings. The Bertz CT molecular complexity index is 1500. The van der Waals surface area contributed by atoms with Crippen LogP contribution in [0.5, 0.6) is 6.01 Å². The minimum absolute atomic E-state index is 0.0167. The van der Waals surface area contributed by atoms with Gasteiger partial charge < -0.3 is 21.5 Å². The zero-order chi connectivity index (χ0) is 25.7. The average molecular weight is 546 g/mol. The lowest BCUT2D eigenvalue weighted by atomic mass is 9.95. The van der Waals surface area contributed by atoms with Crippen LogP contribution in [0.15, 0.2) is 18.2 Å². The summed E-state index contributed by atoms with van der Waals surface area (Å²) >= 11 is 7.61. The van der Waals surface area contributed by atoms with Gasteiger partial charge in [-0.05, 0) is 57.0 Å². The van der Waals surface area contributed by atoms with Crippen molar-refractivity contribution in [2.24, 2.45) is 5.73 Å². The smallest absolute Gasteiger partial charge is 0.319 e. The highest BCUT2D eigenvalue weighted by atomic mass is 35.5. The quantitative estimate of drug-likeness (QED) is 0.303. The van der Waals surface area contributed by atoms with E-state index in [1.54, 1.807) is 6.07 Å². The SMILES string of the molecule is NCCNc1nc(OCC23CCCN2CCC3)nc2c(F)c(-c3ccc(F)c4sc(N)nc34)c(Cl)cc12. The van der Waals surface area contributed by atoms with Crippen molar-refractivity contribution in [3.8, 4) is 17.1 Å². The standard InChI is InChI=1S/C25H26ClF2N7OS/c26-15-11-14-19(18(28)17(15)13-3-4-16(27)21-20(13)32-23(30)37-21)33-24(34-22(14)31-8-7-29)36-12-25-5-1-9-35(25)10-2-6-25/h3-4,11H,1-2,5-10,12,29H2,(H2,30,32)(H,31,33,34). The summed E-state index contributed by atoms with van der Waals surface area (Å²) in [5, 5.41) is 3.82. The summed E-state index contributed by atoms with van der Waals surface area (Å²) in [6, 6.07) is 4.38. The largest absolute Gasteiger partial charge is 0.461 e. The normalized spacial score (nSPS) is 17.1. The molecular weight excluding hydrogens is 520 g/mol. The molecule has 0 aliphatic carbocycles. The Kier molecular flexibility index (Phi) is 6.26. The number of benzene rings is 2. The number of anilines is 2. The van der Waals surface area contributed by atoms with Crippen LogP contribution < -0.4 is 21.5 Å². The first kappa shape index (κ1) is 24.5. The van der Waals surface area contributed by atoms with E-state index in [2.05, 4.69) is 25.2 Å². The zero-order valence-corrected chi connectivity index (χ0v) is 21.6. The first-order chi connectivity index (χ1) is 17.9. The molecule has 0 bridgehead atoms. The molecular formula is C25H26ClF2N7OS. The van der Waals surface area contributed by atoms with E-state index in [4.69, 9.17) is 27.8 Å². The second-order valence-corrected chi connectivity index (χ2v) is 11.0. The van der Waals surface area contributed by atoms with E-state index in [1.165, 1.54) is 12.1 Å². The first-order valence-electron chi connectivity index (χ1n) is 12.3. The van der Waals surface area contributed by atoms with Crippen LogP contribution in [-0.4, -0.2) is 58.2 Å². The summed E-state index contributed by atoms with van der Waals surface area (Å²) in [5.41, 5.74) is 12.2. The van der Waals surface area contributed by atoms with Crippen LogP contribution in [0.2, 0.25) is 5.02 Å². The fraction of sp³-hybridized carbons (Fsp3) is 0.400. The van der Waals surface area contributed by atoms with Crippen molar-refractivity contribution in [3.63, 3.8) is 0 Å². The highest BCUT2D eigenvalue weighted by Crippen LogP contribution is 2.43. The minimum atomic E-state index is -0.674. The van der Waals surface area contributed by atoms with Gasteiger partial charge in [0, 0.05) is 29.6 Å². The number of hydrogen-bond acceptors (Lipinski definition) is 9. The Morgan fingerprint density at radius 1 is 1.14 bits per heavy atom. The zero-order valence-electron chi connectivity index (χ0n) is 20.0. The van der Waals surface area contributed by atoms with Crippen LogP contribution in [0, 0.1) is 11.6 Å². The second kappa shape index (κ2) is 9.46. The fourth-order valence-electron chi connectivity index (χ4n) is 5.67. The minimum Gasteiger partial charge on any atom is -0.461 e. The Balaban J connectivity index is 1.47. The average Bonchev–Trinajstić information content (AvgIpc) is 3.57. The predicted molar refractivity (Wildman–Crippen MR) is 143 cm³/mol. The molecule has 6 rings (SSSR count). The maximum atomic E-state index is 16.2. The molecule has 0 saturated carbocycles. The van der Waals surface area contributed by atoms with Crippen molar-refractivity contribution >= 4 is 55.0 Å². The lowest BCUT2D eigenvalue weighted by Gasteiger charge is -2.31. The topological polar surface area (TPSA) is 115 Å². The summed E-state index contributed by atoms with van der Waals surface area (Å²) < 4.78 is 37.0. The molecule has 2 aliphatic rings. The molecule has 0 atom stereocenters. The lowest BCUT2D eigenvalue weighted by molar-refractivity contribution is 0.108. The monoisotopic (exact) mass is 545 g/mol. The van der Waals surface area contributed by atoms with Crippen LogP contribution in [-0.2, 0) is 0 Å². The molecule has 0 unspecified atom stereocenters. The van der Waals surface area contributed by atoms with Gasteiger partial charge in [0.1, 0.15) is 23.8 Å². The van der Waals surface area contributed by atoms with Crippen LogP contribution >= 0.6 is 22.9 Å². The lowest BCUT2D eigenvalue weighted by Crippen LogP contribution is -2.43. The van der Waals surface area contributed by atoms with E-state index >= 15 is 4.39 Å². The third kappa shape index (κ3) is 4.14. The highest BCUT2D eigenvalue weighted by molar-refractivity contribution is 7.22. The van der Waals surface area contributed by atoms with Gasteiger partial charge >= 0.3 is 6.01 Å². The third-order valence-electron chi connectivity index (χ3n) is 7.36. The molecule has 2 fully saturated rings. The molecule has 2 aromatic carbocycles. The number of ether oxygens (including phenoxy) is 1. The van der Waals surface area contributed by atoms with Crippen LogP contribution in [0.3, 0.4) is 0 Å². The summed E-state index contributed by atoms with van der Waals surface area (Å²) in [6.45, 7) is 3.34. The maximum Gasteiger partial charge on any atom is 0.319 e. The van der Waals surface area contributed by atoms with Crippen LogP contribution in [0.25, 0.3) is 32.2 Å². The highest BCUT2D eigenvalue weighted by Gasteiger charge is 2.45. The molecule has 2 aliphatic heterocycles. The van der Waals surface area contributed by atoms with Crippen LogP contribution in [0.1, 0.15) is 25.7 Å². The van der Waals surface area contributed by atoms with E-state index in [9.17, 15) is 4.39 Å². The summed E-state index contributed by atoms with van der Waals surface area (Å²) in [6.07, 6.45) is 4.39. The maximum absolute atomic E-state index is 16.2. The van der Waals surface area contributed by atoms with E-state index < -0.39 is 11.6 Å². The number of thiazole rings is 1. The Morgan fingerprint density at radius 3 is 2.68 bits per heavy atom. The number of nitrogen functional groups attached to an aromatic ring is 1. The van der Waals surface area contributed by atoms with Gasteiger partial charge in [-0.2, -0.15) is 9.97 Å². The van der Waals surface area contributed by atoms with Gasteiger partial charge in [-0.1, -0.05) is 22.9 Å². The van der Waals surface area contributed by atoms with Crippen molar-refractivity contribution in [2.45, 2.75) is 31.2 Å². The molecule has 8 nitrogen and oxygen atoms in total. The second-order valence-electron chi connectivity index (χ2n) is 9.55. The number of nitrogens with two attached hydrogens (primary N) is 2. The van der Waals surface area contributed by atoms with E-state index in [-0.39, 0.29) is 43.0 Å².